The average molecular weight is 533 g/mol. The molecule has 1 heterocycles. The van der Waals surface area contributed by atoms with Crippen LogP contribution in [0.25, 0.3) is 0 Å². The van der Waals surface area contributed by atoms with E-state index in [1.165, 1.54) is 14.2 Å². The quantitative estimate of drug-likeness (QED) is 0.331. The Morgan fingerprint density at radius 1 is 1.24 bits per heavy atom. The minimum atomic E-state index is -1.07. The molecule has 0 saturated carbocycles. The zero-order valence-electron chi connectivity index (χ0n) is 24.5. The van der Waals surface area contributed by atoms with Gasteiger partial charge in [0.05, 0.1) is 19.3 Å². The highest BCUT2D eigenvalue weighted by Crippen LogP contribution is 2.27. The van der Waals surface area contributed by atoms with Gasteiger partial charge in [-0.05, 0) is 39.2 Å². The molecule has 1 rings (SSSR count). The highest BCUT2D eigenvalue weighted by Gasteiger charge is 2.38. The lowest BCUT2D eigenvalue weighted by Gasteiger charge is -2.33. The summed E-state index contributed by atoms with van der Waals surface area (Å²) in [7, 11) is 2.89. The van der Waals surface area contributed by atoms with Crippen LogP contribution in [0.2, 0.25) is 0 Å². The van der Waals surface area contributed by atoms with Gasteiger partial charge in [-0.15, -0.1) is 0 Å². The third-order valence-corrected chi connectivity index (χ3v) is 7.22. The van der Waals surface area contributed by atoms with Crippen LogP contribution in [-0.2, 0) is 23.8 Å². The second kappa shape index (κ2) is 16.5. The van der Waals surface area contributed by atoms with Crippen molar-refractivity contribution in [3.63, 3.8) is 0 Å². The molecule has 0 radical (unpaired) electrons. The molecule has 0 spiro atoms. The molecule has 8 atom stereocenters. The molecule has 7 heteroatoms. The minimum Gasteiger partial charge on any atom is -0.490 e. The largest absolute Gasteiger partial charge is 0.490 e. The molecule has 2 N–H and O–H groups in total. The topological polar surface area (TPSA) is 102 Å². The van der Waals surface area contributed by atoms with Gasteiger partial charge in [0.25, 0.3) is 0 Å². The summed E-state index contributed by atoms with van der Waals surface area (Å²) in [4.78, 5) is 25.8. The molecule has 1 aliphatic heterocycles. The molecule has 0 bridgehead atoms. The smallest absolute Gasteiger partial charge is 0.373 e. The lowest BCUT2D eigenvalue weighted by atomic mass is 9.84. The number of aliphatic hydroxyl groups is 2. The fraction of sp³-hybridized carbons (Fsp3) is 0.613. The SMILES string of the molecule is CC=CCC(=O)[C@@H](C)[C@H](O)[C@H](C)[C@H]1OC(=O)C(OC)=CC(C)=C[C@@H](C)[C@@H](O)[C@@H](C)CC(C)=CC=C[C@@H]1OC. The number of hydrogen-bond acceptors (Lipinski definition) is 7. The Balaban J connectivity index is 3.51. The van der Waals surface area contributed by atoms with E-state index in [1.807, 2.05) is 52.8 Å². The molecule has 0 saturated heterocycles. The van der Waals surface area contributed by atoms with Crippen molar-refractivity contribution in [2.24, 2.45) is 23.7 Å². The van der Waals surface area contributed by atoms with Gasteiger partial charge in [0.2, 0.25) is 5.76 Å². The zero-order chi connectivity index (χ0) is 29.0. The summed E-state index contributed by atoms with van der Waals surface area (Å²) in [5, 5.41) is 22.0. The summed E-state index contributed by atoms with van der Waals surface area (Å²) in [5.74, 6) is -2.26. The fourth-order valence-corrected chi connectivity index (χ4v) is 4.75. The first-order chi connectivity index (χ1) is 17.9. The number of ketones is 1. The van der Waals surface area contributed by atoms with Gasteiger partial charge >= 0.3 is 5.97 Å². The third kappa shape index (κ3) is 10.0. The Bertz CT molecular complexity index is 927. The van der Waals surface area contributed by atoms with Crippen LogP contribution in [0.15, 0.2) is 59.4 Å². The van der Waals surface area contributed by atoms with Gasteiger partial charge in [0.1, 0.15) is 18.0 Å². The van der Waals surface area contributed by atoms with Crippen molar-refractivity contribution in [3.05, 3.63) is 59.4 Å². The number of ether oxygens (including phenoxy) is 3. The predicted octanol–water partition coefficient (Wildman–Crippen LogP) is 5.10. The number of aliphatic hydroxyl groups excluding tert-OH is 2. The van der Waals surface area contributed by atoms with Gasteiger partial charge < -0.3 is 24.4 Å². The Morgan fingerprint density at radius 3 is 2.47 bits per heavy atom. The van der Waals surface area contributed by atoms with E-state index >= 15 is 0 Å². The van der Waals surface area contributed by atoms with Gasteiger partial charge in [0, 0.05) is 31.3 Å². The summed E-state index contributed by atoms with van der Waals surface area (Å²) in [6, 6.07) is 0. The van der Waals surface area contributed by atoms with E-state index in [1.54, 1.807) is 38.2 Å². The van der Waals surface area contributed by atoms with E-state index in [-0.39, 0.29) is 29.8 Å². The molecule has 0 fully saturated rings. The van der Waals surface area contributed by atoms with Crippen molar-refractivity contribution >= 4 is 11.8 Å². The zero-order valence-corrected chi connectivity index (χ0v) is 24.5. The van der Waals surface area contributed by atoms with Crippen LogP contribution < -0.4 is 0 Å². The van der Waals surface area contributed by atoms with Crippen LogP contribution in [0, 0.1) is 23.7 Å². The number of allylic oxidation sites excluding steroid dienone is 7. The molecule has 214 valence electrons. The molecule has 0 aromatic carbocycles. The summed E-state index contributed by atoms with van der Waals surface area (Å²) in [5.41, 5.74) is 1.82. The first-order valence-electron chi connectivity index (χ1n) is 13.4. The molecule has 7 nitrogen and oxygen atoms in total. The van der Waals surface area contributed by atoms with Crippen molar-refractivity contribution < 1.29 is 34.0 Å². The lowest BCUT2D eigenvalue weighted by molar-refractivity contribution is -0.162. The van der Waals surface area contributed by atoms with E-state index < -0.39 is 42.2 Å². The second-order valence-corrected chi connectivity index (χ2v) is 10.5. The van der Waals surface area contributed by atoms with Crippen molar-refractivity contribution in [2.45, 2.75) is 85.7 Å². The number of esters is 1. The van der Waals surface area contributed by atoms with Gasteiger partial charge in [-0.25, -0.2) is 4.79 Å². The molecule has 0 aromatic rings. The Kier molecular flexibility index (Phi) is 14.5. The number of Topliss-reactive ketones (excluding diaryl/α,β-unsaturated/α-hetero) is 1. The van der Waals surface area contributed by atoms with Crippen molar-refractivity contribution in [3.8, 4) is 0 Å². The van der Waals surface area contributed by atoms with E-state index in [2.05, 4.69) is 0 Å². The maximum Gasteiger partial charge on any atom is 0.373 e. The monoisotopic (exact) mass is 532 g/mol. The number of carbonyl (C=O) groups excluding carboxylic acids is 2. The number of rotatable bonds is 8. The summed E-state index contributed by atoms with van der Waals surface area (Å²) in [6.07, 6.45) is 10.3. The lowest BCUT2D eigenvalue weighted by Crippen LogP contribution is -2.45. The average Bonchev–Trinajstić information content (AvgIpc) is 2.88. The van der Waals surface area contributed by atoms with Crippen LogP contribution in [0.5, 0.6) is 0 Å². The van der Waals surface area contributed by atoms with Crippen LogP contribution in [0.4, 0.5) is 0 Å². The third-order valence-electron chi connectivity index (χ3n) is 7.22. The van der Waals surface area contributed by atoms with Crippen molar-refractivity contribution in [1.82, 2.24) is 0 Å². The minimum absolute atomic E-state index is 0.0148. The normalized spacial score (nSPS) is 28.6. The van der Waals surface area contributed by atoms with E-state index in [9.17, 15) is 19.8 Å². The summed E-state index contributed by atoms with van der Waals surface area (Å²) in [6.45, 7) is 13.0. The molecule has 38 heavy (non-hydrogen) atoms. The standard InChI is InChI=1S/C31H48O7/c1-10-11-14-25(32)23(6)29(34)24(7)30-26(36-8)15-12-13-19(2)16-21(4)28(33)22(5)17-20(3)18-27(37-9)31(35)38-30/h10-13,15,17-18,21-24,26,28-30,33-34H,14,16H2,1-9H3/t21-,22+,23+,24-,26-,28-,29-,30+/m0/s1. The molecule has 0 aromatic heterocycles. The highest BCUT2D eigenvalue weighted by atomic mass is 16.6. The molecular formula is C31H48O7. The molecular weight excluding hydrogens is 484 g/mol. The van der Waals surface area contributed by atoms with Gasteiger partial charge in [-0.1, -0.05) is 75.3 Å². The number of cyclic esters (lactones) is 1. The van der Waals surface area contributed by atoms with Gasteiger partial charge in [-0.3, -0.25) is 4.79 Å². The number of methoxy groups -OCH3 is 2. The first kappa shape index (κ1) is 33.5. The van der Waals surface area contributed by atoms with E-state index in [0.29, 0.717) is 6.42 Å². The molecule has 0 amide bonds. The fourth-order valence-electron chi connectivity index (χ4n) is 4.75. The summed E-state index contributed by atoms with van der Waals surface area (Å²) < 4.78 is 17.0. The summed E-state index contributed by atoms with van der Waals surface area (Å²) >= 11 is 0. The Labute approximate surface area is 228 Å². The van der Waals surface area contributed by atoms with Crippen molar-refractivity contribution in [2.75, 3.05) is 14.2 Å². The number of carbonyl (C=O) groups is 2. The predicted molar refractivity (Wildman–Crippen MR) is 150 cm³/mol. The van der Waals surface area contributed by atoms with Gasteiger partial charge in [-0.2, -0.15) is 0 Å². The maximum atomic E-state index is 13.2. The maximum absolute atomic E-state index is 13.2. The van der Waals surface area contributed by atoms with Crippen LogP contribution in [-0.4, -0.2) is 60.6 Å². The first-order valence-corrected chi connectivity index (χ1v) is 13.4. The van der Waals surface area contributed by atoms with E-state index in [4.69, 9.17) is 14.2 Å². The second-order valence-electron chi connectivity index (χ2n) is 10.5. The Morgan fingerprint density at radius 2 is 1.89 bits per heavy atom. The Hall–Kier alpha value is -2.48. The highest BCUT2D eigenvalue weighted by molar-refractivity contribution is 5.87. The van der Waals surface area contributed by atoms with E-state index in [0.717, 1.165) is 11.1 Å². The van der Waals surface area contributed by atoms with Crippen LogP contribution in [0.3, 0.4) is 0 Å². The molecule has 1 aliphatic rings. The molecule has 0 aliphatic carbocycles. The van der Waals surface area contributed by atoms with Crippen LogP contribution in [0.1, 0.15) is 61.3 Å². The van der Waals surface area contributed by atoms with Crippen LogP contribution >= 0.6 is 0 Å². The molecule has 0 unspecified atom stereocenters. The number of hydrogen-bond donors (Lipinski definition) is 2. The van der Waals surface area contributed by atoms with Gasteiger partial charge in [0.15, 0.2) is 0 Å². The van der Waals surface area contributed by atoms with Crippen molar-refractivity contribution in [1.29, 1.82) is 0 Å².